The zero-order chi connectivity index (χ0) is 15.7. The lowest BCUT2D eigenvalue weighted by atomic mass is 9.97. The van der Waals surface area contributed by atoms with Gasteiger partial charge in [-0.25, -0.2) is 0 Å². The second-order valence-corrected chi connectivity index (χ2v) is 16.0. The van der Waals surface area contributed by atoms with E-state index in [2.05, 4.69) is 56.0 Å². The molecule has 0 bridgehead atoms. The molecule has 2 aromatic rings. The molecule has 22 heavy (non-hydrogen) atoms. The van der Waals surface area contributed by atoms with Crippen LogP contribution in [0, 0.1) is 0 Å². The van der Waals surface area contributed by atoms with Crippen molar-refractivity contribution in [1.29, 1.82) is 0 Å². The number of halogens is 1. The van der Waals surface area contributed by atoms with Crippen molar-refractivity contribution in [3.8, 4) is 0 Å². The molecule has 1 aliphatic rings. The maximum atomic E-state index is 6.10. The summed E-state index contributed by atoms with van der Waals surface area (Å²) < 4.78 is 0. The monoisotopic (exact) mass is 347 g/mol. The molecular formula is C19H24ClSSi+. The second kappa shape index (κ2) is 6.43. The quantitative estimate of drug-likeness (QED) is 0.509. The molecule has 3 heteroatoms. The molecule has 0 amide bonds. The van der Waals surface area contributed by atoms with Gasteiger partial charge < -0.3 is 0 Å². The summed E-state index contributed by atoms with van der Waals surface area (Å²) in [7, 11) is -0.617. The Hall–Kier alpha value is -0.703. The van der Waals surface area contributed by atoms with Crippen LogP contribution in [0.25, 0.3) is 0 Å². The highest BCUT2D eigenvalue weighted by atomic mass is 35.5. The molecule has 0 spiro atoms. The number of benzene rings is 2. The van der Waals surface area contributed by atoms with Crippen LogP contribution in [0.5, 0.6) is 0 Å². The standard InChI is InChI=1S/C19H24ClSSi/c1-22(2,3)14-21-13-12-15-6-4-5-7-18(15)19(21)16-8-10-17(20)11-9-16/h4-11,19H,12-14H2,1-3H3/q+1/t19-,21?/m0/s1. The molecule has 0 nitrogen and oxygen atoms in total. The summed E-state index contributed by atoms with van der Waals surface area (Å²) in [4.78, 5) is 0. The summed E-state index contributed by atoms with van der Waals surface area (Å²) in [6, 6.07) is 17.6. The topological polar surface area (TPSA) is 0 Å². The summed E-state index contributed by atoms with van der Waals surface area (Å²) >= 11 is 6.10. The van der Waals surface area contributed by atoms with Crippen molar-refractivity contribution >= 4 is 30.6 Å². The van der Waals surface area contributed by atoms with Crippen LogP contribution < -0.4 is 0 Å². The highest BCUT2D eigenvalue weighted by molar-refractivity contribution is 7.98. The predicted octanol–water partition coefficient (Wildman–Crippen LogP) is 5.48. The fourth-order valence-corrected chi connectivity index (χ4v) is 10.9. The first-order valence-corrected chi connectivity index (χ1v) is 13.6. The molecule has 1 heterocycles. The van der Waals surface area contributed by atoms with Crippen LogP contribution in [0.1, 0.15) is 21.9 Å². The van der Waals surface area contributed by atoms with Crippen molar-refractivity contribution in [1.82, 2.24) is 0 Å². The maximum Gasteiger partial charge on any atom is 0.168 e. The van der Waals surface area contributed by atoms with Gasteiger partial charge in [-0.1, -0.05) is 67.6 Å². The Kier molecular flexibility index (Phi) is 4.72. The summed E-state index contributed by atoms with van der Waals surface area (Å²) in [5.41, 5.74) is 4.54. The molecule has 2 aromatic carbocycles. The van der Waals surface area contributed by atoms with Gasteiger partial charge in [0.05, 0.1) is 5.38 Å². The molecular weight excluding hydrogens is 324 g/mol. The fourth-order valence-electron chi connectivity index (χ4n) is 3.28. The van der Waals surface area contributed by atoms with Crippen molar-refractivity contribution in [2.24, 2.45) is 0 Å². The van der Waals surface area contributed by atoms with Crippen LogP contribution in [-0.2, 0) is 17.3 Å². The molecule has 0 radical (unpaired) electrons. The van der Waals surface area contributed by atoms with E-state index in [1.165, 1.54) is 23.1 Å². The highest BCUT2D eigenvalue weighted by Gasteiger charge is 2.41. The summed E-state index contributed by atoms with van der Waals surface area (Å²) in [5, 5.41) is 2.82. The summed E-state index contributed by atoms with van der Waals surface area (Å²) in [6.45, 7) is 7.50. The van der Waals surface area contributed by atoms with Crippen LogP contribution in [0.4, 0.5) is 0 Å². The van der Waals surface area contributed by atoms with E-state index in [9.17, 15) is 0 Å². The van der Waals surface area contributed by atoms with Crippen molar-refractivity contribution in [2.75, 3.05) is 11.1 Å². The van der Waals surface area contributed by atoms with Crippen molar-refractivity contribution < 1.29 is 0 Å². The Morgan fingerprint density at radius 2 is 1.73 bits per heavy atom. The summed E-state index contributed by atoms with van der Waals surface area (Å²) in [6.07, 6.45) is 1.24. The third-order valence-corrected chi connectivity index (χ3v) is 11.2. The second-order valence-electron chi connectivity index (χ2n) is 7.33. The molecule has 1 aliphatic heterocycles. The lowest BCUT2D eigenvalue weighted by molar-refractivity contribution is 0.997. The van der Waals surface area contributed by atoms with E-state index in [1.807, 2.05) is 12.1 Å². The fraction of sp³-hybridized carbons (Fsp3) is 0.368. The maximum absolute atomic E-state index is 6.10. The van der Waals surface area contributed by atoms with Gasteiger partial charge in [-0.2, -0.15) is 0 Å². The van der Waals surface area contributed by atoms with E-state index in [-0.39, 0.29) is 0 Å². The molecule has 0 fully saturated rings. The highest BCUT2D eigenvalue weighted by Crippen LogP contribution is 2.39. The Morgan fingerprint density at radius 3 is 2.41 bits per heavy atom. The van der Waals surface area contributed by atoms with E-state index in [0.717, 1.165) is 5.02 Å². The Balaban J connectivity index is 2.03. The smallest absolute Gasteiger partial charge is 0.0843 e. The normalized spacial score (nSPS) is 21.5. The average molecular weight is 348 g/mol. The molecule has 116 valence electrons. The third-order valence-electron chi connectivity index (χ3n) is 4.10. The Labute approximate surface area is 143 Å². The first-order chi connectivity index (χ1) is 10.4. The van der Waals surface area contributed by atoms with Crippen LogP contribution in [0.2, 0.25) is 24.7 Å². The molecule has 0 saturated heterocycles. The number of aryl methyl sites for hydroxylation is 1. The van der Waals surface area contributed by atoms with Gasteiger partial charge in [-0.3, -0.25) is 0 Å². The summed E-state index contributed by atoms with van der Waals surface area (Å²) in [5.74, 6) is 1.34. The van der Waals surface area contributed by atoms with E-state index in [1.54, 1.807) is 11.1 Å². The van der Waals surface area contributed by atoms with Crippen molar-refractivity contribution in [3.05, 3.63) is 70.2 Å². The molecule has 0 aromatic heterocycles. The number of hydrogen-bond acceptors (Lipinski definition) is 0. The third kappa shape index (κ3) is 3.61. The largest absolute Gasteiger partial charge is 0.168 e. The van der Waals surface area contributed by atoms with Gasteiger partial charge in [0.2, 0.25) is 0 Å². The molecule has 1 unspecified atom stereocenters. The molecule has 2 atom stereocenters. The zero-order valence-electron chi connectivity index (χ0n) is 13.6. The number of rotatable bonds is 3. The van der Waals surface area contributed by atoms with E-state index < -0.39 is 8.07 Å². The first-order valence-electron chi connectivity index (χ1n) is 7.94. The predicted molar refractivity (Wildman–Crippen MR) is 104 cm³/mol. The number of fused-ring (bicyclic) bond motifs is 1. The van der Waals surface area contributed by atoms with Gasteiger partial charge in [-0.05, 0) is 28.6 Å². The van der Waals surface area contributed by atoms with Gasteiger partial charge in [0, 0.05) is 22.6 Å². The Bertz CT molecular complexity index is 645. The van der Waals surface area contributed by atoms with E-state index in [0.29, 0.717) is 16.1 Å². The first kappa shape index (κ1) is 16.2. The average Bonchev–Trinajstić information content (AvgIpc) is 2.47. The SMILES string of the molecule is C[Si](C)(C)C[S+]1CCc2ccccc2[C@@H]1c1ccc(Cl)cc1. The van der Waals surface area contributed by atoms with Crippen LogP contribution in [0.15, 0.2) is 48.5 Å². The minimum absolute atomic E-state index is 0.448. The van der Waals surface area contributed by atoms with E-state index in [4.69, 9.17) is 11.6 Å². The van der Waals surface area contributed by atoms with Crippen molar-refractivity contribution in [3.63, 3.8) is 0 Å². The lowest BCUT2D eigenvalue weighted by Crippen LogP contribution is -2.39. The van der Waals surface area contributed by atoms with Gasteiger partial charge in [-0.15, -0.1) is 0 Å². The number of hydrogen-bond donors (Lipinski definition) is 0. The zero-order valence-corrected chi connectivity index (χ0v) is 16.2. The van der Waals surface area contributed by atoms with Gasteiger partial charge >= 0.3 is 0 Å². The van der Waals surface area contributed by atoms with Gasteiger partial charge in [0.15, 0.2) is 5.25 Å². The molecule has 3 rings (SSSR count). The molecule has 0 saturated carbocycles. The van der Waals surface area contributed by atoms with Crippen LogP contribution in [0.3, 0.4) is 0 Å². The van der Waals surface area contributed by atoms with Crippen molar-refractivity contribution in [2.45, 2.75) is 31.3 Å². The minimum atomic E-state index is -1.07. The molecule has 0 aliphatic carbocycles. The van der Waals surface area contributed by atoms with Crippen LogP contribution >= 0.6 is 11.6 Å². The Morgan fingerprint density at radius 1 is 1.05 bits per heavy atom. The van der Waals surface area contributed by atoms with Gasteiger partial charge in [0.25, 0.3) is 0 Å². The van der Waals surface area contributed by atoms with Gasteiger partial charge in [0.1, 0.15) is 13.8 Å². The lowest BCUT2D eigenvalue weighted by Gasteiger charge is -2.30. The molecule has 0 N–H and O–H groups in total. The van der Waals surface area contributed by atoms with E-state index >= 15 is 0 Å². The van der Waals surface area contributed by atoms with Crippen LogP contribution in [-0.4, -0.2) is 19.2 Å². The minimum Gasteiger partial charge on any atom is -0.0843 e.